The van der Waals surface area contributed by atoms with Crippen molar-refractivity contribution >= 4 is 11.9 Å². The lowest BCUT2D eigenvalue weighted by atomic mass is 10.0. The van der Waals surface area contributed by atoms with Gasteiger partial charge in [0.2, 0.25) is 0 Å². The summed E-state index contributed by atoms with van der Waals surface area (Å²) in [5, 5.41) is 2.85. The van der Waals surface area contributed by atoms with Crippen molar-refractivity contribution in [2.24, 2.45) is 0 Å². The quantitative estimate of drug-likeness (QED) is 0.827. The fraction of sp³-hybridized carbons (Fsp3) is 0.462. The van der Waals surface area contributed by atoms with Gasteiger partial charge in [-0.1, -0.05) is 6.92 Å². The molecule has 1 N–H and O–H groups in total. The lowest BCUT2D eigenvalue weighted by molar-refractivity contribution is 0.0517. The molecule has 0 saturated heterocycles. The molecule has 96 valence electrons. The molecular formula is C13H16N2O3. The van der Waals surface area contributed by atoms with E-state index >= 15 is 0 Å². The van der Waals surface area contributed by atoms with E-state index in [0.717, 1.165) is 6.42 Å². The van der Waals surface area contributed by atoms with Crippen LogP contribution < -0.4 is 5.32 Å². The summed E-state index contributed by atoms with van der Waals surface area (Å²) in [5.41, 5.74) is 2.12. The molecule has 1 aromatic rings. The molecule has 1 unspecified atom stereocenters. The average molecular weight is 248 g/mol. The van der Waals surface area contributed by atoms with E-state index in [1.54, 1.807) is 19.9 Å². The second-order valence-electron chi connectivity index (χ2n) is 4.23. The van der Waals surface area contributed by atoms with E-state index in [9.17, 15) is 9.59 Å². The predicted octanol–water partition coefficient (Wildman–Crippen LogP) is 1.76. The molecule has 0 bridgehead atoms. The number of ether oxygens (including phenoxy) is 1. The molecule has 18 heavy (non-hydrogen) atoms. The Morgan fingerprint density at radius 1 is 1.50 bits per heavy atom. The topological polar surface area (TPSA) is 68.3 Å². The lowest BCUT2D eigenvalue weighted by Crippen LogP contribution is -2.19. The molecule has 0 aliphatic carbocycles. The van der Waals surface area contributed by atoms with Crippen molar-refractivity contribution in [2.75, 3.05) is 6.61 Å². The van der Waals surface area contributed by atoms with Gasteiger partial charge in [-0.15, -0.1) is 0 Å². The van der Waals surface area contributed by atoms with Gasteiger partial charge < -0.3 is 10.1 Å². The molecule has 0 spiro atoms. The largest absolute Gasteiger partial charge is 0.461 e. The minimum Gasteiger partial charge on any atom is -0.461 e. The van der Waals surface area contributed by atoms with Gasteiger partial charge in [-0.05, 0) is 26.3 Å². The van der Waals surface area contributed by atoms with Crippen molar-refractivity contribution in [1.29, 1.82) is 0 Å². The lowest BCUT2D eigenvalue weighted by Gasteiger charge is -2.12. The molecule has 1 aliphatic rings. The summed E-state index contributed by atoms with van der Waals surface area (Å²) in [5.74, 6) is -0.611. The number of hydrogen-bond donors (Lipinski definition) is 1. The summed E-state index contributed by atoms with van der Waals surface area (Å²) in [6.07, 6.45) is 0.718. The van der Waals surface area contributed by atoms with Gasteiger partial charge in [0, 0.05) is 16.8 Å². The van der Waals surface area contributed by atoms with E-state index in [-0.39, 0.29) is 17.6 Å². The zero-order valence-electron chi connectivity index (χ0n) is 10.7. The highest BCUT2D eigenvalue weighted by Gasteiger charge is 2.33. The molecular weight excluding hydrogens is 232 g/mol. The molecule has 5 heteroatoms. The number of nitrogens with one attached hydrogen (secondary N) is 1. The SMILES string of the molecule is CCOC(=O)c1nc(C)cc2c1C(CC)NC2=O. The first-order valence-electron chi connectivity index (χ1n) is 6.08. The fourth-order valence-corrected chi connectivity index (χ4v) is 2.19. The summed E-state index contributed by atoms with van der Waals surface area (Å²) in [7, 11) is 0. The molecule has 1 amide bonds. The van der Waals surface area contributed by atoms with Gasteiger partial charge in [-0.25, -0.2) is 9.78 Å². The minimum absolute atomic E-state index is 0.145. The average Bonchev–Trinajstić information content (AvgIpc) is 2.65. The van der Waals surface area contributed by atoms with Crippen molar-refractivity contribution in [3.63, 3.8) is 0 Å². The van der Waals surface area contributed by atoms with Gasteiger partial charge in [-0.3, -0.25) is 4.79 Å². The van der Waals surface area contributed by atoms with E-state index in [1.165, 1.54) is 0 Å². The molecule has 1 atom stereocenters. The van der Waals surface area contributed by atoms with E-state index in [4.69, 9.17) is 4.74 Å². The third kappa shape index (κ3) is 1.96. The van der Waals surface area contributed by atoms with Gasteiger partial charge in [0.1, 0.15) is 0 Å². The Kier molecular flexibility index (Phi) is 3.32. The fourth-order valence-electron chi connectivity index (χ4n) is 2.19. The maximum absolute atomic E-state index is 11.9. The molecule has 0 saturated carbocycles. The molecule has 0 fully saturated rings. The van der Waals surface area contributed by atoms with Crippen LogP contribution in [0.3, 0.4) is 0 Å². The molecule has 2 heterocycles. The Morgan fingerprint density at radius 3 is 2.83 bits per heavy atom. The van der Waals surface area contributed by atoms with Crippen LogP contribution in [-0.4, -0.2) is 23.5 Å². The Hall–Kier alpha value is -1.91. The van der Waals surface area contributed by atoms with Crippen LogP contribution in [0.2, 0.25) is 0 Å². The van der Waals surface area contributed by atoms with E-state index in [1.807, 2.05) is 6.92 Å². The maximum atomic E-state index is 11.9. The molecule has 1 aliphatic heterocycles. The zero-order valence-corrected chi connectivity index (χ0v) is 10.7. The normalized spacial score (nSPS) is 17.3. The molecule has 0 radical (unpaired) electrons. The molecule has 5 nitrogen and oxygen atoms in total. The minimum atomic E-state index is -0.465. The first-order valence-corrected chi connectivity index (χ1v) is 6.08. The van der Waals surface area contributed by atoms with E-state index < -0.39 is 5.97 Å². The number of carbonyl (C=O) groups is 2. The summed E-state index contributed by atoms with van der Waals surface area (Å²) in [6, 6.07) is 1.56. The van der Waals surface area contributed by atoms with Gasteiger partial charge >= 0.3 is 5.97 Å². The van der Waals surface area contributed by atoms with Crippen LogP contribution >= 0.6 is 0 Å². The van der Waals surface area contributed by atoms with Crippen LogP contribution in [0, 0.1) is 6.92 Å². The number of aryl methyl sites for hydroxylation is 1. The van der Waals surface area contributed by atoms with Crippen LogP contribution in [0.5, 0.6) is 0 Å². The smallest absolute Gasteiger partial charge is 0.357 e. The number of esters is 1. The van der Waals surface area contributed by atoms with Crippen molar-refractivity contribution in [3.8, 4) is 0 Å². The Morgan fingerprint density at radius 2 is 2.22 bits per heavy atom. The molecule has 2 rings (SSSR count). The number of aromatic nitrogens is 1. The standard InChI is InChI=1S/C13H16N2O3/c1-4-9-10-8(12(16)15-9)6-7(3)14-11(10)13(17)18-5-2/h6,9H,4-5H2,1-3H3,(H,15,16). The summed E-state index contributed by atoms with van der Waals surface area (Å²) < 4.78 is 5.00. The summed E-state index contributed by atoms with van der Waals surface area (Å²) in [6.45, 7) is 5.75. The number of hydrogen-bond acceptors (Lipinski definition) is 4. The van der Waals surface area contributed by atoms with Crippen LogP contribution in [0.25, 0.3) is 0 Å². The highest BCUT2D eigenvalue weighted by molar-refractivity contribution is 6.03. The predicted molar refractivity (Wildman–Crippen MR) is 65.4 cm³/mol. The van der Waals surface area contributed by atoms with E-state index in [2.05, 4.69) is 10.3 Å². The first kappa shape index (κ1) is 12.5. The second-order valence-corrected chi connectivity index (χ2v) is 4.23. The summed E-state index contributed by atoms with van der Waals surface area (Å²) >= 11 is 0. The van der Waals surface area contributed by atoms with Gasteiger partial charge in [0.05, 0.1) is 12.6 Å². The van der Waals surface area contributed by atoms with Crippen molar-refractivity contribution in [1.82, 2.24) is 10.3 Å². The van der Waals surface area contributed by atoms with Crippen LogP contribution in [0.4, 0.5) is 0 Å². The van der Waals surface area contributed by atoms with Crippen molar-refractivity contribution in [3.05, 3.63) is 28.6 Å². The number of fused-ring (bicyclic) bond motifs is 1. The molecule has 1 aromatic heterocycles. The van der Waals surface area contributed by atoms with E-state index in [0.29, 0.717) is 23.4 Å². The Bertz CT molecular complexity index is 511. The highest BCUT2D eigenvalue weighted by Crippen LogP contribution is 2.30. The second kappa shape index (κ2) is 4.76. The number of amides is 1. The Labute approximate surface area is 106 Å². The monoisotopic (exact) mass is 248 g/mol. The first-order chi connectivity index (χ1) is 8.58. The van der Waals surface area contributed by atoms with Gasteiger partial charge in [0.15, 0.2) is 5.69 Å². The number of nitrogens with zero attached hydrogens (tertiary/aromatic N) is 1. The third-order valence-electron chi connectivity index (χ3n) is 2.96. The Balaban J connectivity index is 2.57. The number of rotatable bonds is 3. The van der Waals surface area contributed by atoms with Gasteiger partial charge in [0.25, 0.3) is 5.91 Å². The zero-order chi connectivity index (χ0) is 13.3. The van der Waals surface area contributed by atoms with Gasteiger partial charge in [-0.2, -0.15) is 0 Å². The van der Waals surface area contributed by atoms with Crippen molar-refractivity contribution in [2.45, 2.75) is 33.2 Å². The highest BCUT2D eigenvalue weighted by atomic mass is 16.5. The van der Waals surface area contributed by atoms with Crippen LogP contribution in [0.15, 0.2) is 6.07 Å². The van der Waals surface area contributed by atoms with Crippen LogP contribution in [-0.2, 0) is 4.74 Å². The maximum Gasteiger partial charge on any atom is 0.357 e. The van der Waals surface area contributed by atoms with Crippen molar-refractivity contribution < 1.29 is 14.3 Å². The van der Waals surface area contributed by atoms with Crippen LogP contribution in [0.1, 0.15) is 58.4 Å². The number of carbonyl (C=O) groups excluding carboxylic acids is 2. The molecule has 0 aromatic carbocycles. The summed E-state index contributed by atoms with van der Waals surface area (Å²) in [4.78, 5) is 28.0. The number of pyridine rings is 1. The third-order valence-corrected chi connectivity index (χ3v) is 2.96.